The number of nitrogens with zero attached hydrogens (tertiary/aromatic N) is 1. The monoisotopic (exact) mass is 284 g/mol. The molecule has 2 aliphatic rings. The lowest BCUT2D eigenvalue weighted by atomic mass is 9.86. The molecule has 0 spiro atoms. The summed E-state index contributed by atoms with van der Waals surface area (Å²) in [5.41, 5.74) is 0.109. The zero-order chi connectivity index (χ0) is 14.4. The number of carbonyl (C=O) groups excluding carboxylic acids is 1. The predicted molar refractivity (Wildman–Crippen MR) is 77.6 cm³/mol. The van der Waals surface area contributed by atoms with Gasteiger partial charge in [-0.05, 0) is 32.6 Å². The van der Waals surface area contributed by atoms with E-state index >= 15 is 0 Å². The number of hydrogen-bond donors (Lipinski definition) is 2. The third-order valence-corrected chi connectivity index (χ3v) is 4.79. The topological polar surface area (TPSA) is 61.8 Å². The summed E-state index contributed by atoms with van der Waals surface area (Å²) in [6.07, 6.45) is 6.51. The van der Waals surface area contributed by atoms with Crippen molar-refractivity contribution in [1.82, 2.24) is 10.2 Å². The van der Waals surface area contributed by atoms with Crippen LogP contribution >= 0.6 is 0 Å². The van der Waals surface area contributed by atoms with Crippen molar-refractivity contribution in [3.8, 4) is 0 Å². The van der Waals surface area contributed by atoms with Gasteiger partial charge in [-0.25, -0.2) is 4.79 Å². The molecule has 1 aliphatic heterocycles. The Labute approximate surface area is 121 Å². The second kappa shape index (κ2) is 7.27. The lowest BCUT2D eigenvalue weighted by Gasteiger charge is -2.34. The number of likely N-dealkylation sites (tertiary alicyclic amines) is 1. The van der Waals surface area contributed by atoms with Crippen LogP contribution in [0.1, 0.15) is 45.4 Å². The molecule has 0 radical (unpaired) electrons. The standard InChI is InChI=1S/C15H28N2O3/c1-2-20-14(19)17-9-5-13(6-10-17)16-11-15(12-18)7-3-4-8-15/h13,16,18H,2-12H2,1H3. The molecular weight excluding hydrogens is 256 g/mol. The Morgan fingerprint density at radius 1 is 1.35 bits per heavy atom. The van der Waals surface area contributed by atoms with Crippen molar-refractivity contribution >= 4 is 6.09 Å². The highest BCUT2D eigenvalue weighted by atomic mass is 16.6. The Kier molecular flexibility index (Phi) is 5.66. The zero-order valence-electron chi connectivity index (χ0n) is 12.6. The van der Waals surface area contributed by atoms with Crippen LogP contribution in [0.2, 0.25) is 0 Å². The number of aliphatic hydroxyl groups is 1. The number of amides is 1. The summed E-state index contributed by atoms with van der Waals surface area (Å²) >= 11 is 0. The minimum Gasteiger partial charge on any atom is -0.450 e. The van der Waals surface area contributed by atoms with Gasteiger partial charge in [-0.3, -0.25) is 0 Å². The summed E-state index contributed by atoms with van der Waals surface area (Å²) in [7, 11) is 0. The van der Waals surface area contributed by atoms with Gasteiger partial charge in [0.1, 0.15) is 0 Å². The lowest BCUT2D eigenvalue weighted by Crippen LogP contribution is -2.48. The number of nitrogens with one attached hydrogen (secondary N) is 1. The quantitative estimate of drug-likeness (QED) is 0.807. The second-order valence-electron chi connectivity index (χ2n) is 6.21. The van der Waals surface area contributed by atoms with Crippen molar-refractivity contribution in [3.63, 3.8) is 0 Å². The fourth-order valence-electron chi connectivity index (χ4n) is 3.36. The van der Waals surface area contributed by atoms with Gasteiger partial charge in [0.2, 0.25) is 0 Å². The van der Waals surface area contributed by atoms with Gasteiger partial charge < -0.3 is 20.1 Å². The fourth-order valence-corrected chi connectivity index (χ4v) is 3.36. The second-order valence-corrected chi connectivity index (χ2v) is 6.21. The molecule has 0 atom stereocenters. The first-order valence-corrected chi connectivity index (χ1v) is 7.95. The third-order valence-electron chi connectivity index (χ3n) is 4.79. The SMILES string of the molecule is CCOC(=O)N1CCC(NCC2(CO)CCCC2)CC1. The lowest BCUT2D eigenvalue weighted by molar-refractivity contribution is 0.0899. The summed E-state index contributed by atoms with van der Waals surface area (Å²) < 4.78 is 5.02. The van der Waals surface area contributed by atoms with Gasteiger partial charge in [0.15, 0.2) is 0 Å². The summed E-state index contributed by atoms with van der Waals surface area (Å²) in [6.45, 7) is 5.01. The molecule has 5 nitrogen and oxygen atoms in total. The number of ether oxygens (including phenoxy) is 1. The smallest absolute Gasteiger partial charge is 0.409 e. The van der Waals surface area contributed by atoms with Crippen molar-refractivity contribution in [1.29, 1.82) is 0 Å². The van der Waals surface area contributed by atoms with Gasteiger partial charge in [0.25, 0.3) is 0 Å². The van der Waals surface area contributed by atoms with Crippen LogP contribution in [0.15, 0.2) is 0 Å². The van der Waals surface area contributed by atoms with Gasteiger partial charge in [-0.2, -0.15) is 0 Å². The number of rotatable bonds is 5. The summed E-state index contributed by atoms with van der Waals surface area (Å²) in [5, 5.41) is 13.2. The van der Waals surface area contributed by atoms with E-state index in [1.54, 1.807) is 4.90 Å². The summed E-state index contributed by atoms with van der Waals surface area (Å²) in [6, 6.07) is 0.463. The molecule has 5 heteroatoms. The Morgan fingerprint density at radius 2 is 2.00 bits per heavy atom. The Hall–Kier alpha value is -0.810. The average molecular weight is 284 g/mol. The van der Waals surface area contributed by atoms with Crippen LogP contribution in [0.25, 0.3) is 0 Å². The highest BCUT2D eigenvalue weighted by molar-refractivity contribution is 5.67. The van der Waals surface area contributed by atoms with Crippen molar-refractivity contribution in [2.75, 3.05) is 32.8 Å². The minimum atomic E-state index is -0.187. The van der Waals surface area contributed by atoms with Crippen LogP contribution in [0.4, 0.5) is 4.79 Å². The van der Waals surface area contributed by atoms with Crippen molar-refractivity contribution in [2.45, 2.75) is 51.5 Å². The molecule has 0 unspecified atom stereocenters. The first-order valence-electron chi connectivity index (χ1n) is 7.95. The van der Waals surface area contributed by atoms with E-state index in [9.17, 15) is 9.90 Å². The molecule has 0 aromatic rings. The third kappa shape index (κ3) is 3.85. The molecule has 1 amide bonds. The summed E-state index contributed by atoms with van der Waals surface area (Å²) in [4.78, 5) is 13.4. The van der Waals surface area contributed by atoms with Gasteiger partial charge in [0, 0.05) is 37.7 Å². The van der Waals surface area contributed by atoms with E-state index in [4.69, 9.17) is 4.74 Å². The Balaban J connectivity index is 1.70. The molecular formula is C15H28N2O3. The molecule has 1 saturated heterocycles. The maximum Gasteiger partial charge on any atom is 0.409 e. The van der Waals surface area contributed by atoms with E-state index in [0.29, 0.717) is 19.3 Å². The van der Waals surface area contributed by atoms with Gasteiger partial charge >= 0.3 is 6.09 Å². The van der Waals surface area contributed by atoms with E-state index in [0.717, 1.165) is 45.3 Å². The highest BCUT2D eigenvalue weighted by Crippen LogP contribution is 2.37. The van der Waals surface area contributed by atoms with Crippen molar-refractivity contribution < 1.29 is 14.6 Å². The van der Waals surface area contributed by atoms with Crippen LogP contribution in [0.3, 0.4) is 0 Å². The molecule has 20 heavy (non-hydrogen) atoms. The zero-order valence-corrected chi connectivity index (χ0v) is 12.6. The predicted octanol–water partition coefficient (Wildman–Crippen LogP) is 1.75. The van der Waals surface area contributed by atoms with E-state index in [1.807, 2.05) is 6.92 Å². The number of piperidine rings is 1. The van der Waals surface area contributed by atoms with E-state index < -0.39 is 0 Å². The molecule has 2 fully saturated rings. The molecule has 1 saturated carbocycles. The largest absolute Gasteiger partial charge is 0.450 e. The molecule has 2 rings (SSSR count). The number of carbonyl (C=O) groups is 1. The van der Waals surface area contributed by atoms with Crippen LogP contribution in [-0.4, -0.2) is 55.0 Å². The van der Waals surface area contributed by atoms with Crippen molar-refractivity contribution in [3.05, 3.63) is 0 Å². The molecule has 0 aromatic heterocycles. The number of hydrogen-bond acceptors (Lipinski definition) is 4. The fraction of sp³-hybridized carbons (Fsp3) is 0.933. The van der Waals surface area contributed by atoms with E-state index in [2.05, 4.69) is 5.32 Å². The number of aliphatic hydroxyl groups excluding tert-OH is 1. The van der Waals surface area contributed by atoms with E-state index in [-0.39, 0.29) is 11.5 Å². The van der Waals surface area contributed by atoms with Crippen LogP contribution < -0.4 is 5.32 Å². The van der Waals surface area contributed by atoms with Gasteiger partial charge in [0.05, 0.1) is 6.61 Å². The van der Waals surface area contributed by atoms with Crippen molar-refractivity contribution in [2.24, 2.45) is 5.41 Å². The Bertz CT molecular complexity index is 308. The van der Waals surface area contributed by atoms with Gasteiger partial charge in [-0.15, -0.1) is 0 Å². The molecule has 1 aliphatic carbocycles. The highest BCUT2D eigenvalue weighted by Gasteiger charge is 2.34. The normalized spacial score (nSPS) is 23.0. The summed E-state index contributed by atoms with van der Waals surface area (Å²) in [5.74, 6) is 0. The first kappa shape index (κ1) is 15.6. The molecule has 0 bridgehead atoms. The maximum atomic E-state index is 11.6. The van der Waals surface area contributed by atoms with Crippen LogP contribution in [0, 0.1) is 5.41 Å². The van der Waals surface area contributed by atoms with Crippen LogP contribution in [0.5, 0.6) is 0 Å². The van der Waals surface area contributed by atoms with Gasteiger partial charge in [-0.1, -0.05) is 12.8 Å². The molecule has 116 valence electrons. The molecule has 2 N–H and O–H groups in total. The van der Waals surface area contributed by atoms with Crippen LogP contribution in [-0.2, 0) is 4.74 Å². The molecule has 1 heterocycles. The molecule has 0 aromatic carbocycles. The minimum absolute atomic E-state index is 0.109. The van der Waals surface area contributed by atoms with E-state index in [1.165, 1.54) is 12.8 Å². The first-order chi connectivity index (χ1) is 9.69. The average Bonchev–Trinajstić information content (AvgIpc) is 2.95. The maximum absolute atomic E-state index is 11.6. The Morgan fingerprint density at radius 3 is 2.55 bits per heavy atom.